The van der Waals surface area contributed by atoms with Crippen molar-refractivity contribution in [3.8, 4) is 11.5 Å². The highest BCUT2D eigenvalue weighted by atomic mass is 32.1. The van der Waals surface area contributed by atoms with Crippen molar-refractivity contribution >= 4 is 38.6 Å². The number of thiazole rings is 1. The smallest absolute Gasteiger partial charge is 0.332 e. The van der Waals surface area contributed by atoms with E-state index in [9.17, 15) is 14.4 Å². The first kappa shape index (κ1) is 20.6. The number of benzene rings is 1. The van der Waals surface area contributed by atoms with Gasteiger partial charge in [0.05, 0.1) is 30.8 Å². The number of carbonyl (C=O) groups is 1. The van der Waals surface area contributed by atoms with E-state index in [0.29, 0.717) is 16.3 Å². The van der Waals surface area contributed by atoms with Gasteiger partial charge in [0.2, 0.25) is 0 Å². The van der Waals surface area contributed by atoms with Gasteiger partial charge in [0.1, 0.15) is 6.54 Å². The molecule has 1 amide bonds. The van der Waals surface area contributed by atoms with Crippen LogP contribution in [0.15, 0.2) is 33.0 Å². The summed E-state index contributed by atoms with van der Waals surface area (Å²) in [6.45, 7) is -0.190. The highest BCUT2D eigenvalue weighted by Gasteiger charge is 2.16. The van der Waals surface area contributed by atoms with Gasteiger partial charge in [-0.1, -0.05) is 11.3 Å². The van der Waals surface area contributed by atoms with E-state index in [0.717, 1.165) is 14.8 Å². The van der Waals surface area contributed by atoms with Crippen LogP contribution in [-0.2, 0) is 32.5 Å². The molecule has 0 N–H and O–H groups in total. The fourth-order valence-electron chi connectivity index (χ4n) is 3.37. The molecule has 4 aromatic rings. The molecule has 0 aliphatic heterocycles. The van der Waals surface area contributed by atoms with Crippen LogP contribution < -0.4 is 25.5 Å². The first-order valence-electron chi connectivity index (χ1n) is 9.16. The van der Waals surface area contributed by atoms with Crippen molar-refractivity contribution in [2.75, 3.05) is 14.2 Å². The van der Waals surface area contributed by atoms with Crippen LogP contribution in [0.4, 0.5) is 0 Å². The summed E-state index contributed by atoms with van der Waals surface area (Å²) in [5.74, 6) is 0.699. The Bertz CT molecular complexity index is 1530. The standard InChI is InChI=1S/C19H20N6O5S/c1-22-10-6-11(29-4)12(30-5)7-13(10)31-18(22)21-14(26)8-25-9-20-16-15(25)17(27)24(3)19(28)23(16)2/h6-7,9H,8H2,1-5H3. The number of hydrogen-bond acceptors (Lipinski definition) is 7. The molecule has 162 valence electrons. The van der Waals surface area contributed by atoms with Crippen LogP contribution in [0.25, 0.3) is 21.4 Å². The quantitative estimate of drug-likeness (QED) is 0.442. The molecule has 0 atom stereocenters. The predicted molar refractivity (Wildman–Crippen MR) is 115 cm³/mol. The lowest BCUT2D eigenvalue weighted by Crippen LogP contribution is -2.37. The topological polar surface area (TPSA) is 115 Å². The van der Waals surface area contributed by atoms with E-state index in [-0.39, 0.29) is 17.7 Å². The molecule has 3 aromatic heterocycles. The van der Waals surface area contributed by atoms with Crippen molar-refractivity contribution < 1.29 is 14.3 Å². The zero-order valence-corrected chi connectivity index (χ0v) is 18.4. The number of aryl methyl sites for hydroxylation is 2. The SMILES string of the molecule is COc1cc2sc(=NC(=O)Cn3cnc4c3c(=O)n(C)c(=O)n4C)n(C)c2cc1OC. The maximum atomic E-state index is 12.7. The van der Waals surface area contributed by atoms with Crippen LogP contribution in [-0.4, -0.2) is 43.4 Å². The van der Waals surface area contributed by atoms with Crippen molar-refractivity contribution in [3.05, 3.63) is 44.1 Å². The zero-order valence-electron chi connectivity index (χ0n) is 17.6. The number of fused-ring (bicyclic) bond motifs is 2. The van der Waals surface area contributed by atoms with Gasteiger partial charge < -0.3 is 18.6 Å². The minimum Gasteiger partial charge on any atom is -0.493 e. The van der Waals surface area contributed by atoms with E-state index in [1.54, 1.807) is 25.8 Å². The Labute approximate surface area is 179 Å². The van der Waals surface area contributed by atoms with Gasteiger partial charge in [-0.25, -0.2) is 9.78 Å². The number of methoxy groups -OCH3 is 2. The molecule has 31 heavy (non-hydrogen) atoms. The molecule has 0 unspecified atom stereocenters. The second-order valence-electron chi connectivity index (χ2n) is 6.87. The second-order valence-corrected chi connectivity index (χ2v) is 7.88. The number of rotatable bonds is 4. The number of carbonyl (C=O) groups excluding carboxylic acids is 1. The third-order valence-electron chi connectivity index (χ3n) is 5.06. The Balaban J connectivity index is 1.77. The molecule has 0 fully saturated rings. The Hall–Kier alpha value is -3.67. The van der Waals surface area contributed by atoms with Crippen LogP contribution >= 0.6 is 11.3 Å². The van der Waals surface area contributed by atoms with Crippen LogP contribution in [0, 0.1) is 0 Å². The molecule has 0 spiro atoms. The Morgan fingerprint density at radius 1 is 1.06 bits per heavy atom. The predicted octanol–water partition coefficient (Wildman–Crippen LogP) is 0.132. The number of amides is 1. The molecule has 4 rings (SSSR count). The number of ether oxygens (including phenoxy) is 2. The molecule has 12 heteroatoms. The Morgan fingerprint density at radius 2 is 1.74 bits per heavy atom. The van der Waals surface area contributed by atoms with Crippen molar-refractivity contribution in [3.63, 3.8) is 0 Å². The summed E-state index contributed by atoms with van der Waals surface area (Å²) < 4.78 is 17.0. The van der Waals surface area contributed by atoms with Crippen molar-refractivity contribution in [2.45, 2.75) is 6.54 Å². The minimum atomic E-state index is -0.519. The molecular formula is C19H20N6O5S. The molecular weight excluding hydrogens is 424 g/mol. The van der Waals surface area contributed by atoms with Crippen LogP contribution in [0.1, 0.15) is 0 Å². The molecule has 0 radical (unpaired) electrons. The average Bonchev–Trinajstić information content (AvgIpc) is 3.30. The summed E-state index contributed by atoms with van der Waals surface area (Å²) in [6, 6.07) is 3.65. The van der Waals surface area contributed by atoms with E-state index in [2.05, 4.69) is 9.98 Å². The lowest BCUT2D eigenvalue weighted by Gasteiger charge is -2.07. The molecule has 0 saturated carbocycles. The van der Waals surface area contributed by atoms with Crippen LogP contribution in [0.2, 0.25) is 0 Å². The van der Waals surface area contributed by atoms with Gasteiger partial charge in [0, 0.05) is 33.3 Å². The van der Waals surface area contributed by atoms with Crippen molar-refractivity contribution in [1.82, 2.24) is 23.3 Å². The minimum absolute atomic E-state index is 0.170. The molecule has 1 aromatic carbocycles. The molecule has 3 heterocycles. The lowest BCUT2D eigenvalue weighted by atomic mass is 10.3. The number of nitrogens with zero attached hydrogens (tertiary/aromatic N) is 6. The van der Waals surface area contributed by atoms with E-state index < -0.39 is 17.2 Å². The zero-order chi connectivity index (χ0) is 22.4. The first-order valence-corrected chi connectivity index (χ1v) is 9.98. The number of aromatic nitrogens is 5. The van der Waals surface area contributed by atoms with Crippen LogP contribution in [0.3, 0.4) is 0 Å². The maximum Gasteiger partial charge on any atom is 0.332 e. The third kappa shape index (κ3) is 3.24. The van der Waals surface area contributed by atoms with Gasteiger partial charge in [0.25, 0.3) is 11.5 Å². The summed E-state index contributed by atoms with van der Waals surface area (Å²) in [6.07, 6.45) is 1.36. The number of hydrogen-bond donors (Lipinski definition) is 0. The fourth-order valence-corrected chi connectivity index (χ4v) is 4.41. The molecule has 0 bridgehead atoms. The van der Waals surface area contributed by atoms with E-state index in [1.165, 1.54) is 40.9 Å². The van der Waals surface area contributed by atoms with Gasteiger partial charge in [-0.15, -0.1) is 0 Å². The highest BCUT2D eigenvalue weighted by Crippen LogP contribution is 2.32. The summed E-state index contributed by atoms with van der Waals surface area (Å²) in [4.78, 5) is 46.1. The largest absolute Gasteiger partial charge is 0.493 e. The van der Waals surface area contributed by atoms with Gasteiger partial charge in [0.15, 0.2) is 27.5 Å². The molecule has 0 aliphatic rings. The van der Waals surface area contributed by atoms with Gasteiger partial charge in [-0.3, -0.25) is 18.7 Å². The van der Waals surface area contributed by atoms with Crippen molar-refractivity contribution in [1.29, 1.82) is 0 Å². The summed E-state index contributed by atoms with van der Waals surface area (Å²) in [7, 11) is 7.82. The normalized spacial score (nSPS) is 12.1. The monoisotopic (exact) mass is 444 g/mol. The maximum absolute atomic E-state index is 12.7. The first-order chi connectivity index (χ1) is 14.8. The van der Waals surface area contributed by atoms with Gasteiger partial charge in [-0.05, 0) is 0 Å². The molecule has 11 nitrogen and oxygen atoms in total. The Morgan fingerprint density at radius 3 is 2.42 bits per heavy atom. The van der Waals surface area contributed by atoms with E-state index >= 15 is 0 Å². The van der Waals surface area contributed by atoms with Gasteiger partial charge >= 0.3 is 5.69 Å². The summed E-state index contributed by atoms with van der Waals surface area (Å²) in [5.41, 5.74) is 0.221. The summed E-state index contributed by atoms with van der Waals surface area (Å²) in [5, 5.41) is 0. The fraction of sp³-hybridized carbons (Fsp3) is 0.316. The Kier molecular flexibility index (Phi) is 5.01. The second kappa shape index (κ2) is 7.54. The summed E-state index contributed by atoms with van der Waals surface area (Å²) >= 11 is 1.33. The van der Waals surface area contributed by atoms with E-state index in [4.69, 9.17) is 9.47 Å². The third-order valence-corrected chi connectivity index (χ3v) is 6.15. The molecule has 0 aliphatic carbocycles. The average molecular weight is 444 g/mol. The van der Waals surface area contributed by atoms with E-state index in [1.807, 2.05) is 12.1 Å². The van der Waals surface area contributed by atoms with Crippen molar-refractivity contribution in [2.24, 2.45) is 26.1 Å². The van der Waals surface area contributed by atoms with Gasteiger partial charge in [-0.2, -0.15) is 4.99 Å². The molecule has 0 saturated heterocycles. The highest BCUT2D eigenvalue weighted by molar-refractivity contribution is 7.16. The van der Waals surface area contributed by atoms with Crippen LogP contribution in [0.5, 0.6) is 11.5 Å². The number of imidazole rings is 1. The lowest BCUT2D eigenvalue weighted by molar-refractivity contribution is -0.118.